The summed E-state index contributed by atoms with van der Waals surface area (Å²) in [5.41, 5.74) is 0. The molecule has 46 valence electrons. The van der Waals surface area contributed by atoms with E-state index in [4.69, 9.17) is 0 Å². The molecule has 0 N–H and O–H groups in total. The van der Waals surface area contributed by atoms with Gasteiger partial charge in [0, 0.05) is 0 Å². The maximum Gasteiger partial charge on any atom is -0.0163 e. The molecule has 0 aliphatic heterocycles. The molecular formula is C9H10. The lowest BCUT2D eigenvalue weighted by Gasteiger charge is -1.74. The van der Waals surface area contributed by atoms with Crippen molar-refractivity contribution in [2.24, 2.45) is 0 Å². The van der Waals surface area contributed by atoms with Gasteiger partial charge in [-0.2, -0.15) is 0 Å². The van der Waals surface area contributed by atoms with Crippen molar-refractivity contribution in [3.63, 3.8) is 0 Å². The summed E-state index contributed by atoms with van der Waals surface area (Å²) in [7, 11) is 0. The van der Waals surface area contributed by atoms with Gasteiger partial charge in [0.1, 0.15) is 0 Å². The SMILES string of the molecule is C1=CC\C=C/C=C/C=C\1. The van der Waals surface area contributed by atoms with Crippen LogP contribution < -0.4 is 0 Å². The minimum atomic E-state index is 1.04. The van der Waals surface area contributed by atoms with Crippen LogP contribution in [0.15, 0.2) is 48.6 Å². The van der Waals surface area contributed by atoms with Crippen LogP contribution >= 0.6 is 0 Å². The molecule has 1 aliphatic carbocycles. The van der Waals surface area contributed by atoms with Crippen LogP contribution in [0.4, 0.5) is 0 Å². The summed E-state index contributed by atoms with van der Waals surface area (Å²) < 4.78 is 0. The molecule has 0 heterocycles. The van der Waals surface area contributed by atoms with Gasteiger partial charge in [0.15, 0.2) is 0 Å². The fraction of sp³-hybridized carbons (Fsp3) is 0.111. The Morgan fingerprint density at radius 1 is 0.556 bits per heavy atom. The van der Waals surface area contributed by atoms with E-state index in [9.17, 15) is 0 Å². The van der Waals surface area contributed by atoms with E-state index in [-0.39, 0.29) is 0 Å². The molecule has 0 aromatic carbocycles. The Balaban J connectivity index is 2.60. The molecule has 0 heteroatoms. The van der Waals surface area contributed by atoms with Crippen LogP contribution in [0.5, 0.6) is 0 Å². The van der Waals surface area contributed by atoms with Crippen LogP contribution in [0.1, 0.15) is 6.42 Å². The maximum atomic E-state index is 2.12. The Morgan fingerprint density at radius 2 is 1.00 bits per heavy atom. The molecule has 9 heavy (non-hydrogen) atoms. The molecule has 0 atom stereocenters. The third kappa shape index (κ3) is 2.70. The molecule has 0 aromatic heterocycles. The first-order chi connectivity index (χ1) is 4.50. The van der Waals surface area contributed by atoms with E-state index in [0.717, 1.165) is 6.42 Å². The molecule has 1 rings (SSSR count). The zero-order valence-electron chi connectivity index (χ0n) is 5.33. The van der Waals surface area contributed by atoms with E-state index < -0.39 is 0 Å². The number of hydrogen-bond donors (Lipinski definition) is 0. The van der Waals surface area contributed by atoms with Crippen LogP contribution in [0, 0.1) is 0 Å². The monoisotopic (exact) mass is 118 g/mol. The third-order valence-electron chi connectivity index (χ3n) is 1.10. The van der Waals surface area contributed by atoms with E-state index in [0.29, 0.717) is 0 Å². The molecule has 0 radical (unpaired) electrons. The van der Waals surface area contributed by atoms with E-state index in [1.165, 1.54) is 0 Å². The second-order valence-corrected chi connectivity index (χ2v) is 1.86. The Kier molecular flexibility index (Phi) is 2.64. The number of rotatable bonds is 0. The van der Waals surface area contributed by atoms with Crippen molar-refractivity contribution < 1.29 is 0 Å². The summed E-state index contributed by atoms with van der Waals surface area (Å²) in [5, 5.41) is 0. The van der Waals surface area contributed by atoms with Gasteiger partial charge in [-0.15, -0.1) is 0 Å². The van der Waals surface area contributed by atoms with Crippen molar-refractivity contribution in [2.45, 2.75) is 6.42 Å². The first-order valence-corrected chi connectivity index (χ1v) is 3.15. The van der Waals surface area contributed by atoms with Gasteiger partial charge < -0.3 is 0 Å². The minimum absolute atomic E-state index is 1.04. The Bertz CT molecular complexity index is 148. The van der Waals surface area contributed by atoms with Crippen molar-refractivity contribution in [1.82, 2.24) is 0 Å². The van der Waals surface area contributed by atoms with Crippen molar-refractivity contribution in [3.8, 4) is 0 Å². The molecule has 0 fully saturated rings. The molecule has 0 unspecified atom stereocenters. The van der Waals surface area contributed by atoms with Crippen LogP contribution in [0.25, 0.3) is 0 Å². The Morgan fingerprint density at radius 3 is 1.56 bits per heavy atom. The second-order valence-electron chi connectivity index (χ2n) is 1.86. The molecule has 0 saturated carbocycles. The number of allylic oxidation sites excluding steroid dienone is 8. The van der Waals surface area contributed by atoms with E-state index in [2.05, 4.69) is 24.3 Å². The van der Waals surface area contributed by atoms with Crippen LogP contribution in [-0.4, -0.2) is 0 Å². The summed E-state index contributed by atoms with van der Waals surface area (Å²) in [6.45, 7) is 0. The van der Waals surface area contributed by atoms with Gasteiger partial charge in [0.05, 0.1) is 0 Å². The fourth-order valence-electron chi connectivity index (χ4n) is 0.649. The molecule has 1 aliphatic rings. The van der Waals surface area contributed by atoms with E-state index >= 15 is 0 Å². The highest BCUT2D eigenvalue weighted by Crippen LogP contribution is 1.91. The van der Waals surface area contributed by atoms with Crippen molar-refractivity contribution in [3.05, 3.63) is 48.6 Å². The highest BCUT2D eigenvalue weighted by Gasteiger charge is 1.70. The van der Waals surface area contributed by atoms with Crippen LogP contribution in [0.2, 0.25) is 0 Å². The van der Waals surface area contributed by atoms with Crippen molar-refractivity contribution in [2.75, 3.05) is 0 Å². The summed E-state index contributed by atoms with van der Waals surface area (Å²) in [4.78, 5) is 0. The van der Waals surface area contributed by atoms with Gasteiger partial charge >= 0.3 is 0 Å². The predicted octanol–water partition coefficient (Wildman–Crippen LogP) is 2.61. The van der Waals surface area contributed by atoms with Gasteiger partial charge in [0.25, 0.3) is 0 Å². The minimum Gasteiger partial charge on any atom is -0.0807 e. The summed E-state index contributed by atoms with van der Waals surface area (Å²) >= 11 is 0. The zero-order chi connectivity index (χ0) is 6.36. The highest BCUT2D eigenvalue weighted by molar-refractivity contribution is 5.18. The lowest BCUT2D eigenvalue weighted by molar-refractivity contribution is 1.40. The molecule has 0 spiro atoms. The lowest BCUT2D eigenvalue weighted by Crippen LogP contribution is -1.53. The summed E-state index contributed by atoms with van der Waals surface area (Å²) in [5.74, 6) is 0. The Hall–Kier alpha value is -1.04. The van der Waals surface area contributed by atoms with Crippen LogP contribution in [0.3, 0.4) is 0 Å². The van der Waals surface area contributed by atoms with Crippen molar-refractivity contribution in [1.29, 1.82) is 0 Å². The molecule has 0 nitrogen and oxygen atoms in total. The standard InChI is InChI=1S/C9H10/c1-2-4-6-8-9-7-5-3-1/h1-8H,9H2/b3-1-,4-2+,7-5?,8-6-. The summed E-state index contributed by atoms with van der Waals surface area (Å²) in [6.07, 6.45) is 17.5. The normalized spacial score (nSPS) is 27.6. The fourth-order valence-corrected chi connectivity index (χ4v) is 0.649. The number of hydrogen-bond acceptors (Lipinski definition) is 0. The topological polar surface area (TPSA) is 0 Å². The van der Waals surface area contributed by atoms with Gasteiger partial charge in [0.2, 0.25) is 0 Å². The first kappa shape index (κ1) is 6.09. The van der Waals surface area contributed by atoms with E-state index in [1.54, 1.807) is 0 Å². The average molecular weight is 118 g/mol. The second kappa shape index (κ2) is 3.90. The molecule has 0 aromatic rings. The van der Waals surface area contributed by atoms with Crippen LogP contribution in [-0.2, 0) is 0 Å². The molecular weight excluding hydrogens is 108 g/mol. The first-order valence-electron chi connectivity index (χ1n) is 3.15. The smallest absolute Gasteiger partial charge is 0.0163 e. The molecule has 0 amide bonds. The van der Waals surface area contributed by atoms with E-state index in [1.807, 2.05) is 24.3 Å². The van der Waals surface area contributed by atoms with Crippen molar-refractivity contribution >= 4 is 0 Å². The quantitative estimate of drug-likeness (QED) is 0.458. The maximum absolute atomic E-state index is 2.12. The zero-order valence-corrected chi connectivity index (χ0v) is 5.33. The molecule has 0 bridgehead atoms. The third-order valence-corrected chi connectivity index (χ3v) is 1.10. The Labute approximate surface area is 55.9 Å². The molecule has 0 saturated heterocycles. The largest absolute Gasteiger partial charge is 0.0807 e. The highest BCUT2D eigenvalue weighted by atomic mass is 13.8. The van der Waals surface area contributed by atoms with Gasteiger partial charge in [-0.25, -0.2) is 0 Å². The lowest BCUT2D eigenvalue weighted by atomic mass is 10.3. The van der Waals surface area contributed by atoms with Gasteiger partial charge in [-0.05, 0) is 6.42 Å². The van der Waals surface area contributed by atoms with Gasteiger partial charge in [-0.1, -0.05) is 48.6 Å². The predicted molar refractivity (Wildman–Crippen MR) is 41.2 cm³/mol. The summed E-state index contributed by atoms with van der Waals surface area (Å²) in [6, 6.07) is 0. The average Bonchev–Trinajstić information content (AvgIpc) is 2.00. The van der Waals surface area contributed by atoms with Gasteiger partial charge in [-0.3, -0.25) is 0 Å².